The largest absolute Gasteiger partial charge is 0.480 e. The fourth-order valence-corrected chi connectivity index (χ4v) is 20.8. The topological polar surface area (TPSA) is 401 Å². The molecule has 6 unspecified atom stereocenters. The Morgan fingerprint density at radius 3 is 0.951 bits per heavy atom. The molecule has 8 N–H and O–H groups in total. The van der Waals surface area contributed by atoms with E-state index in [4.69, 9.17) is 71.8 Å². The van der Waals surface area contributed by atoms with E-state index in [-0.39, 0.29) is 143 Å². The predicted molar refractivity (Wildman–Crippen MR) is 514 cm³/mol. The minimum atomic E-state index is -3.08. The number of thiazole rings is 4. The average molecular weight is 2230 g/mol. The van der Waals surface area contributed by atoms with Gasteiger partial charge in [-0.15, -0.1) is 45.3 Å². The first-order valence-electron chi connectivity index (χ1n) is 44.2. The number of benzene rings is 4. The number of esters is 4. The number of carboxylic acids is 2. The number of piperidine rings is 4. The van der Waals surface area contributed by atoms with E-state index in [0.29, 0.717) is 91.7 Å². The average Bonchev–Trinajstić information content (AvgIpc) is 1.19. The van der Waals surface area contributed by atoms with E-state index in [0.717, 1.165) is 12.1 Å². The summed E-state index contributed by atoms with van der Waals surface area (Å²) >= 11 is 24.7. The summed E-state index contributed by atoms with van der Waals surface area (Å²) in [6, 6.07) is 12.0. The molecule has 0 radical (unpaired) electrons. The quantitative estimate of drug-likeness (QED) is 0.0118. The smallest absolute Gasteiger partial charge is 0.338 e. The molecule has 8 aromatic rings. The van der Waals surface area contributed by atoms with Gasteiger partial charge in [-0.3, -0.25) is 39.6 Å². The molecule has 0 saturated carbocycles. The van der Waals surface area contributed by atoms with Crippen LogP contribution in [0.25, 0.3) is 0 Å². The zero-order valence-electron chi connectivity index (χ0n) is 75.9. The Morgan fingerprint density at radius 1 is 0.423 bits per heavy atom. The van der Waals surface area contributed by atoms with Crippen LogP contribution in [0.2, 0.25) is 10.0 Å². The summed E-state index contributed by atoms with van der Waals surface area (Å²) in [4.78, 5) is 117. The van der Waals surface area contributed by atoms with Crippen LogP contribution >= 0.6 is 100 Å². The van der Waals surface area contributed by atoms with E-state index >= 15 is 0 Å². The van der Waals surface area contributed by atoms with Crippen LogP contribution in [0.4, 0.5) is 43.9 Å². The summed E-state index contributed by atoms with van der Waals surface area (Å²) in [5.74, 6) is -11.6. The maximum absolute atomic E-state index is 14.6. The van der Waals surface area contributed by atoms with Crippen LogP contribution in [0.1, 0.15) is 120 Å². The van der Waals surface area contributed by atoms with Gasteiger partial charge < -0.3 is 70.1 Å². The number of aliphatic imine (C=N–C) groups is 4. The van der Waals surface area contributed by atoms with Crippen molar-refractivity contribution in [2.45, 2.75) is 126 Å². The molecule has 4 aromatic heterocycles. The lowest BCUT2D eigenvalue weighted by atomic mass is 9.94. The van der Waals surface area contributed by atoms with Gasteiger partial charge in [0.2, 0.25) is 0 Å². The van der Waals surface area contributed by atoms with Gasteiger partial charge in [0.05, 0.1) is 86.2 Å². The number of aliphatic hydroxyl groups is 2. The molecule has 4 fully saturated rings. The zero-order valence-corrected chi connectivity index (χ0v) is 83.8. The highest BCUT2D eigenvalue weighted by atomic mass is 79.9. The number of carbonyl (C=O) groups excluding carboxylic acids is 4. The lowest BCUT2D eigenvalue weighted by molar-refractivity contribution is -0.147. The number of aromatic nitrogens is 4. The number of nitrogens with zero attached hydrogens (tertiary/aromatic N) is 12. The van der Waals surface area contributed by atoms with E-state index in [2.05, 4.69) is 83.0 Å². The molecular weight excluding hydrogens is 2130 g/mol. The molecule has 8 aliphatic rings. The molecular formula is C92H94Br2Cl2F10N16O16S4. The highest BCUT2D eigenvalue weighted by Crippen LogP contribution is 2.44. The molecule has 142 heavy (non-hydrogen) atoms. The maximum atomic E-state index is 14.6. The standard InChI is InChI=1S/C24H25BrF2N4O5S.C24H25ClF2N4O5S.C22H22BrF3N4O3S.C22H22ClF3N4O3S/c2*1-2-35-24(34)20-18(11-31-9-14(27)7-15(10-31)36-12-19(32)33)29-22(23-28-5-6-37-23)30-21(20)16-4-3-13(26)8-17(16)25;2*1-2-33-21(32)17-16(10-30-9-13(31)8-22(25,26)11-30)28-19(20-27-5-6-34-20)29-18(17)14-4-3-12(24)7-15(14)23/h2*3-6,8,14-15,21H,2,7,9-12H2,1H3,(H,29,30)(H,32,33);2*3-7,13,18,31H,2,8-11H2,1H3,(H,28,29)/t2*14?,15?,21-;2*13?,18-/m0000/s1. The van der Waals surface area contributed by atoms with Gasteiger partial charge in [-0.2, -0.15) is 0 Å². The monoisotopic (exact) mass is 2220 g/mol. The lowest BCUT2D eigenvalue weighted by Gasteiger charge is -2.37. The fraction of sp³-hybridized carbons (Fsp3) is 0.413. The van der Waals surface area contributed by atoms with Gasteiger partial charge in [-0.25, -0.2) is 92.6 Å². The third kappa shape index (κ3) is 29.0. The first kappa shape index (κ1) is 109. The number of rotatable bonds is 30. The Labute approximate surface area is 849 Å². The van der Waals surface area contributed by atoms with E-state index < -0.39 is 171 Å². The number of alkyl halides is 6. The number of nitrogens with one attached hydrogen (secondary N) is 4. The van der Waals surface area contributed by atoms with Crippen LogP contribution in [-0.4, -0.2) is 286 Å². The van der Waals surface area contributed by atoms with Crippen LogP contribution in [0.5, 0.6) is 0 Å². The third-order valence-electron chi connectivity index (χ3n) is 22.3. The van der Waals surface area contributed by atoms with Crippen LogP contribution in [-0.2, 0) is 57.2 Å². The van der Waals surface area contributed by atoms with Crippen molar-refractivity contribution in [3.8, 4) is 0 Å². The van der Waals surface area contributed by atoms with Gasteiger partial charge >= 0.3 is 35.8 Å². The van der Waals surface area contributed by atoms with E-state index in [1.54, 1.807) is 89.9 Å². The molecule has 0 amide bonds. The van der Waals surface area contributed by atoms with Crippen molar-refractivity contribution < 1.29 is 122 Å². The van der Waals surface area contributed by atoms with Gasteiger partial charge in [0.1, 0.15) is 73.0 Å². The van der Waals surface area contributed by atoms with Crippen molar-refractivity contribution in [3.05, 3.63) is 249 Å². The highest BCUT2D eigenvalue weighted by molar-refractivity contribution is 9.10. The van der Waals surface area contributed by atoms with Gasteiger partial charge in [0, 0.05) is 190 Å². The summed E-state index contributed by atoms with van der Waals surface area (Å²) in [7, 11) is 0. The van der Waals surface area contributed by atoms with Crippen molar-refractivity contribution in [2.75, 3.05) is 118 Å². The van der Waals surface area contributed by atoms with E-state index in [1.807, 2.05) is 0 Å². The number of carboxylic acid groups (broad SMARTS) is 2. The fourth-order valence-electron chi connectivity index (χ4n) is 16.8. The normalized spacial score (nSPS) is 22.6. The highest BCUT2D eigenvalue weighted by Gasteiger charge is 2.46. The molecule has 10 atom stereocenters. The Balaban J connectivity index is 0.000000159. The zero-order chi connectivity index (χ0) is 102. The molecule has 50 heteroatoms. The molecule has 16 rings (SSSR count). The number of ether oxygens (including phenoxy) is 6. The number of amidine groups is 4. The Hall–Kier alpha value is -10.4. The van der Waals surface area contributed by atoms with Crippen LogP contribution in [0.3, 0.4) is 0 Å². The SMILES string of the molecule is CCOC(=O)C1=C(CN2CC(F)CC(OCC(=O)O)C2)NC(c2nccs2)=N[C@H]1c1ccc(F)cc1Br.CCOC(=O)C1=C(CN2CC(F)CC(OCC(=O)O)C2)NC(c2nccs2)=N[C@H]1c1ccc(F)cc1Cl.CCOC(=O)C1=C(CN2CC(O)CC(F)(F)C2)NC(c2nccs2)=N[C@H]1c1ccc(F)cc1Br.CCOC(=O)C1=C(CN2CC(O)CC(F)(F)C2)NC(c2nccs2)=N[C@H]1c1ccc(F)cc1Cl. The number of hydrogen-bond acceptors (Lipinski definition) is 34. The second kappa shape index (κ2) is 49.9. The van der Waals surface area contributed by atoms with Gasteiger partial charge in [0.25, 0.3) is 11.8 Å². The summed E-state index contributed by atoms with van der Waals surface area (Å²) in [5.41, 5.74) is 3.76. The minimum absolute atomic E-state index is 0.00255. The second-order valence-corrected chi connectivity index (χ2v) is 39.1. The predicted octanol–water partition coefficient (Wildman–Crippen LogP) is 14.0. The molecule has 4 aromatic carbocycles. The van der Waals surface area contributed by atoms with Crippen LogP contribution < -0.4 is 21.3 Å². The number of β-amino-alcohol motifs (C(OH)–C–C–N with tert-alkyl or cyclic N) is 2. The summed E-state index contributed by atoms with van der Waals surface area (Å²) in [6.45, 7) is 5.49. The number of likely N-dealkylation sites (tertiary alicyclic amines) is 4. The summed E-state index contributed by atoms with van der Waals surface area (Å²) in [5, 5.41) is 59.7. The van der Waals surface area contributed by atoms with Crippen LogP contribution in [0, 0.1) is 23.3 Å². The molecule has 4 saturated heterocycles. The molecule has 8 aliphatic heterocycles. The summed E-state index contributed by atoms with van der Waals surface area (Å²) in [6.07, 6.45) is -0.841. The Morgan fingerprint density at radius 2 is 0.697 bits per heavy atom. The minimum Gasteiger partial charge on any atom is -0.480 e. The lowest BCUT2D eigenvalue weighted by Crippen LogP contribution is -2.51. The number of halogens is 14. The maximum Gasteiger partial charge on any atom is 0.338 e. The van der Waals surface area contributed by atoms with Crippen molar-refractivity contribution in [1.29, 1.82) is 0 Å². The van der Waals surface area contributed by atoms with Crippen molar-refractivity contribution in [2.24, 2.45) is 20.0 Å². The van der Waals surface area contributed by atoms with Crippen LogP contribution in [0.15, 0.2) is 193 Å². The molecule has 12 heterocycles. The van der Waals surface area contributed by atoms with Crippen molar-refractivity contribution >= 4 is 160 Å². The van der Waals surface area contributed by atoms with Gasteiger partial charge in [-0.1, -0.05) is 79.3 Å². The molecule has 0 bridgehead atoms. The molecule has 32 nitrogen and oxygen atoms in total. The Bertz CT molecular complexity index is 5760. The number of aliphatic carboxylic acids is 2. The second-order valence-electron chi connectivity index (χ2n) is 33.0. The Kier molecular flexibility index (Phi) is 38.3. The summed E-state index contributed by atoms with van der Waals surface area (Å²) < 4.78 is 174. The molecule has 0 spiro atoms. The van der Waals surface area contributed by atoms with Gasteiger partial charge in [0.15, 0.2) is 43.4 Å². The van der Waals surface area contributed by atoms with E-state index in [9.17, 15) is 82.9 Å². The number of carbonyl (C=O) groups is 6. The van der Waals surface area contributed by atoms with Crippen molar-refractivity contribution in [1.82, 2.24) is 60.8 Å². The third-order valence-corrected chi connectivity index (χ3v) is 27.4. The molecule has 760 valence electrons. The molecule has 0 aliphatic carbocycles. The first-order chi connectivity index (χ1) is 67.8. The number of hydrogen-bond donors (Lipinski definition) is 8. The van der Waals surface area contributed by atoms with Gasteiger partial charge in [-0.05, 0) is 87.4 Å². The first-order valence-corrected chi connectivity index (χ1v) is 50.0. The van der Waals surface area contributed by atoms with Crippen molar-refractivity contribution in [3.63, 3.8) is 0 Å². The number of aliphatic hydroxyl groups excluding tert-OH is 2. The van der Waals surface area contributed by atoms with E-state index in [1.165, 1.54) is 110 Å².